The van der Waals surface area contributed by atoms with E-state index in [2.05, 4.69) is 36.7 Å². The molecule has 3 aromatic rings. The van der Waals surface area contributed by atoms with Gasteiger partial charge in [0.2, 0.25) is 0 Å². The predicted molar refractivity (Wildman–Crippen MR) is 99.9 cm³/mol. The molecule has 0 saturated carbocycles. The molecule has 3 nitrogen and oxygen atoms in total. The van der Waals surface area contributed by atoms with Crippen LogP contribution in [0.15, 0.2) is 53.1 Å². The second-order valence-corrected chi connectivity index (χ2v) is 7.69. The molecule has 2 aromatic carbocycles. The molecule has 0 spiro atoms. The molecule has 0 saturated heterocycles. The van der Waals surface area contributed by atoms with Crippen LogP contribution in [0.4, 0.5) is 0 Å². The van der Waals surface area contributed by atoms with Crippen LogP contribution >= 0.6 is 15.9 Å². The van der Waals surface area contributed by atoms with Gasteiger partial charge < -0.3 is 0 Å². The largest absolute Gasteiger partial charge is 0.298 e. The summed E-state index contributed by atoms with van der Waals surface area (Å²) < 4.78 is 2.34. The average Bonchev–Trinajstić information content (AvgIpc) is 2.93. The third-order valence-corrected chi connectivity index (χ3v) is 4.81. The van der Waals surface area contributed by atoms with Crippen LogP contribution in [-0.2, 0) is 5.41 Å². The molecule has 0 aliphatic carbocycles. The Bertz CT molecular complexity index is 931. The van der Waals surface area contributed by atoms with Gasteiger partial charge in [0.05, 0.1) is 5.52 Å². The van der Waals surface area contributed by atoms with Crippen LogP contribution in [-0.4, -0.2) is 16.8 Å². The predicted octanol–water partition coefficient (Wildman–Crippen LogP) is 5.20. The van der Waals surface area contributed by atoms with Crippen LogP contribution in [0.25, 0.3) is 10.9 Å². The number of aromatic nitrogens is 1. The van der Waals surface area contributed by atoms with E-state index < -0.39 is 0 Å². The molecule has 0 bridgehead atoms. The maximum Gasteiger partial charge on any atom is 0.262 e. The fourth-order valence-electron chi connectivity index (χ4n) is 2.78. The van der Waals surface area contributed by atoms with Crippen molar-refractivity contribution in [2.75, 3.05) is 0 Å². The van der Waals surface area contributed by atoms with Crippen molar-refractivity contribution in [3.8, 4) is 0 Å². The van der Waals surface area contributed by atoms with Crippen LogP contribution in [0.1, 0.15) is 47.1 Å². The maximum atomic E-state index is 12.9. The lowest BCUT2D eigenvalue weighted by atomic mass is 9.87. The Hall–Kier alpha value is -2.20. The Morgan fingerprint density at radius 2 is 1.75 bits per heavy atom. The van der Waals surface area contributed by atoms with Crippen molar-refractivity contribution in [1.29, 1.82) is 0 Å². The summed E-state index contributed by atoms with van der Waals surface area (Å²) in [6.45, 7) is 6.41. The molecule has 3 rings (SSSR count). The Kier molecular flexibility index (Phi) is 4.18. The van der Waals surface area contributed by atoms with Gasteiger partial charge >= 0.3 is 0 Å². The molecule has 24 heavy (non-hydrogen) atoms. The van der Waals surface area contributed by atoms with E-state index in [1.165, 1.54) is 10.1 Å². The zero-order valence-corrected chi connectivity index (χ0v) is 15.4. The summed E-state index contributed by atoms with van der Waals surface area (Å²) in [5.41, 5.74) is 3.02. The quantitative estimate of drug-likeness (QED) is 0.570. The highest BCUT2D eigenvalue weighted by molar-refractivity contribution is 9.10. The first-order chi connectivity index (χ1) is 11.3. The number of benzene rings is 2. The fraction of sp³-hybridized carbons (Fsp3) is 0.200. The number of hydrogen-bond acceptors (Lipinski definition) is 2. The number of halogens is 1. The van der Waals surface area contributed by atoms with Gasteiger partial charge in [-0.15, -0.1) is 0 Å². The molecule has 0 amide bonds. The van der Waals surface area contributed by atoms with E-state index in [0.717, 1.165) is 21.7 Å². The zero-order chi connectivity index (χ0) is 17.5. The van der Waals surface area contributed by atoms with Gasteiger partial charge in [0, 0.05) is 27.2 Å². The van der Waals surface area contributed by atoms with Gasteiger partial charge in [0.15, 0.2) is 6.29 Å². The van der Waals surface area contributed by atoms with Gasteiger partial charge in [0.1, 0.15) is 0 Å². The van der Waals surface area contributed by atoms with Gasteiger partial charge in [-0.25, -0.2) is 0 Å². The maximum absolute atomic E-state index is 12.9. The number of carbonyl (C=O) groups excluding carboxylic acids is 2. The Morgan fingerprint density at radius 3 is 2.33 bits per heavy atom. The first-order valence-corrected chi connectivity index (χ1v) is 8.52. The lowest BCUT2D eigenvalue weighted by Gasteiger charge is -2.19. The number of rotatable bonds is 2. The summed E-state index contributed by atoms with van der Waals surface area (Å²) in [6, 6.07) is 13.2. The number of carbonyl (C=O) groups is 2. The van der Waals surface area contributed by atoms with Crippen LogP contribution < -0.4 is 0 Å². The van der Waals surface area contributed by atoms with E-state index in [0.29, 0.717) is 11.1 Å². The van der Waals surface area contributed by atoms with Crippen molar-refractivity contribution in [2.45, 2.75) is 26.2 Å². The molecule has 1 heterocycles. The number of hydrogen-bond donors (Lipinski definition) is 0. The van der Waals surface area contributed by atoms with Crippen molar-refractivity contribution in [3.63, 3.8) is 0 Å². The van der Waals surface area contributed by atoms with Crippen molar-refractivity contribution in [1.82, 2.24) is 4.57 Å². The van der Waals surface area contributed by atoms with Crippen molar-refractivity contribution in [3.05, 3.63) is 69.8 Å². The minimum absolute atomic E-state index is 0.0390. The van der Waals surface area contributed by atoms with Gasteiger partial charge in [-0.05, 0) is 35.2 Å². The van der Waals surface area contributed by atoms with Crippen LogP contribution in [0.5, 0.6) is 0 Å². The van der Waals surface area contributed by atoms with Crippen molar-refractivity contribution in [2.24, 2.45) is 0 Å². The van der Waals surface area contributed by atoms with E-state index in [1.54, 1.807) is 6.20 Å². The first-order valence-electron chi connectivity index (χ1n) is 7.73. The molecule has 0 N–H and O–H groups in total. The highest BCUT2D eigenvalue weighted by Gasteiger charge is 2.18. The van der Waals surface area contributed by atoms with E-state index in [1.807, 2.05) is 42.5 Å². The van der Waals surface area contributed by atoms with Crippen LogP contribution in [0.2, 0.25) is 0 Å². The molecule has 0 unspecified atom stereocenters. The second-order valence-electron chi connectivity index (χ2n) is 6.84. The lowest BCUT2D eigenvalue weighted by molar-refractivity contribution is 0.0965. The van der Waals surface area contributed by atoms with Gasteiger partial charge in [-0.3, -0.25) is 14.2 Å². The number of nitrogens with zero attached hydrogens (tertiary/aromatic N) is 1. The third-order valence-electron chi connectivity index (χ3n) is 4.15. The normalized spacial score (nSPS) is 11.7. The average molecular weight is 384 g/mol. The van der Waals surface area contributed by atoms with Gasteiger partial charge in [-0.1, -0.05) is 54.9 Å². The summed E-state index contributed by atoms with van der Waals surface area (Å²) >= 11 is 3.46. The zero-order valence-electron chi connectivity index (χ0n) is 13.8. The molecule has 1 aromatic heterocycles. The molecule has 4 heteroatoms. The summed E-state index contributed by atoms with van der Waals surface area (Å²) in [5, 5.41) is 0.757. The highest BCUT2D eigenvalue weighted by atomic mass is 79.9. The lowest BCUT2D eigenvalue weighted by Crippen LogP contribution is -2.13. The van der Waals surface area contributed by atoms with Crippen molar-refractivity contribution < 1.29 is 9.59 Å². The molecule has 0 aliphatic rings. The Morgan fingerprint density at radius 1 is 1.08 bits per heavy atom. The topological polar surface area (TPSA) is 39.1 Å². The molecule has 0 aliphatic heterocycles. The smallest absolute Gasteiger partial charge is 0.262 e. The Labute approximate surface area is 149 Å². The van der Waals surface area contributed by atoms with Crippen LogP contribution in [0, 0.1) is 0 Å². The Balaban J connectivity index is 2.09. The molecule has 0 radical (unpaired) electrons. The van der Waals surface area contributed by atoms with Crippen molar-refractivity contribution >= 4 is 39.0 Å². The monoisotopic (exact) mass is 383 g/mol. The van der Waals surface area contributed by atoms with E-state index in [-0.39, 0.29) is 11.3 Å². The second kappa shape index (κ2) is 6.02. The molecule has 0 atom stereocenters. The van der Waals surface area contributed by atoms with Crippen LogP contribution in [0.3, 0.4) is 0 Å². The minimum Gasteiger partial charge on any atom is -0.298 e. The summed E-state index contributed by atoms with van der Waals surface area (Å²) in [7, 11) is 0. The molecular formula is C20H18BrNO2. The van der Waals surface area contributed by atoms with Gasteiger partial charge in [-0.2, -0.15) is 0 Å². The molecule has 122 valence electrons. The molecular weight excluding hydrogens is 366 g/mol. The summed E-state index contributed by atoms with van der Waals surface area (Å²) in [5.74, 6) is -0.147. The highest BCUT2D eigenvalue weighted by Crippen LogP contribution is 2.29. The van der Waals surface area contributed by atoms with Gasteiger partial charge in [0.25, 0.3) is 5.91 Å². The fourth-order valence-corrected chi connectivity index (χ4v) is 3.37. The standard InChI is InChI=1S/C20H18BrNO2/c1-20(2,3)15-9-7-13(8-10-15)19(24)22-11-14(12-23)18-16(21)5-4-6-17(18)22/h4-12H,1-3H3. The van der Waals surface area contributed by atoms with E-state index >= 15 is 0 Å². The molecule has 0 fully saturated rings. The third kappa shape index (κ3) is 2.82. The number of fused-ring (bicyclic) bond motifs is 1. The minimum atomic E-state index is -0.147. The van der Waals surface area contributed by atoms with E-state index in [9.17, 15) is 9.59 Å². The SMILES string of the molecule is CC(C)(C)c1ccc(C(=O)n2cc(C=O)c3c(Br)cccc32)cc1. The van der Waals surface area contributed by atoms with E-state index in [4.69, 9.17) is 0 Å². The first kappa shape index (κ1) is 16.7. The summed E-state index contributed by atoms with van der Waals surface area (Å²) in [6.07, 6.45) is 2.38. The summed E-state index contributed by atoms with van der Waals surface area (Å²) in [4.78, 5) is 24.2. The number of aldehydes is 1.